The van der Waals surface area contributed by atoms with Gasteiger partial charge in [0, 0.05) is 45.3 Å². The second-order valence-corrected chi connectivity index (χ2v) is 6.46. The molecule has 0 saturated carbocycles. The average Bonchev–Trinajstić information content (AvgIpc) is 2.64. The molecule has 0 aliphatic carbocycles. The first-order valence-electron chi connectivity index (χ1n) is 8.62. The molecule has 0 radical (unpaired) electrons. The van der Waals surface area contributed by atoms with Crippen molar-refractivity contribution in [2.75, 3.05) is 32.7 Å². The van der Waals surface area contributed by atoms with Gasteiger partial charge in [-0.15, -0.1) is 0 Å². The van der Waals surface area contributed by atoms with Crippen LogP contribution in [0, 0.1) is 18.3 Å². The van der Waals surface area contributed by atoms with Gasteiger partial charge >= 0.3 is 0 Å². The third-order valence-electron chi connectivity index (χ3n) is 4.58. The van der Waals surface area contributed by atoms with Gasteiger partial charge in [0.1, 0.15) is 0 Å². The van der Waals surface area contributed by atoms with Crippen molar-refractivity contribution in [1.82, 2.24) is 19.6 Å². The first kappa shape index (κ1) is 17.3. The molecular formula is C19H23N5O. The highest BCUT2D eigenvalue weighted by Crippen LogP contribution is 2.10. The summed E-state index contributed by atoms with van der Waals surface area (Å²) in [5.74, 6) is 0. The van der Waals surface area contributed by atoms with Crippen LogP contribution in [0.5, 0.6) is 0 Å². The van der Waals surface area contributed by atoms with Crippen LogP contribution in [0.2, 0.25) is 0 Å². The molecule has 1 aliphatic heterocycles. The van der Waals surface area contributed by atoms with Crippen molar-refractivity contribution in [1.29, 1.82) is 5.26 Å². The van der Waals surface area contributed by atoms with Crippen LogP contribution < -0.4 is 5.56 Å². The van der Waals surface area contributed by atoms with E-state index in [0.29, 0.717) is 12.1 Å². The molecule has 6 heteroatoms. The highest BCUT2D eigenvalue weighted by Gasteiger charge is 2.17. The Morgan fingerprint density at radius 2 is 1.68 bits per heavy atom. The van der Waals surface area contributed by atoms with Gasteiger partial charge in [-0.25, -0.2) is 4.68 Å². The number of aromatic nitrogens is 2. The first-order chi connectivity index (χ1) is 12.1. The van der Waals surface area contributed by atoms with Crippen LogP contribution in [0.15, 0.2) is 41.2 Å². The second-order valence-electron chi connectivity index (χ2n) is 6.46. The van der Waals surface area contributed by atoms with Gasteiger partial charge in [-0.05, 0) is 30.7 Å². The van der Waals surface area contributed by atoms with E-state index in [2.05, 4.69) is 21.0 Å². The van der Waals surface area contributed by atoms with Crippen LogP contribution in [0.3, 0.4) is 0 Å². The molecule has 2 aromatic rings. The lowest BCUT2D eigenvalue weighted by Crippen LogP contribution is -2.47. The van der Waals surface area contributed by atoms with Gasteiger partial charge < -0.3 is 0 Å². The van der Waals surface area contributed by atoms with Crippen LogP contribution in [0.25, 0.3) is 0 Å². The summed E-state index contributed by atoms with van der Waals surface area (Å²) in [7, 11) is 0. The van der Waals surface area contributed by atoms with Crippen molar-refractivity contribution in [3.8, 4) is 6.07 Å². The molecule has 0 unspecified atom stereocenters. The van der Waals surface area contributed by atoms with Crippen LogP contribution in [-0.4, -0.2) is 52.3 Å². The van der Waals surface area contributed by atoms with Crippen molar-refractivity contribution < 1.29 is 0 Å². The Bertz CT molecular complexity index is 798. The van der Waals surface area contributed by atoms with E-state index in [-0.39, 0.29) is 5.56 Å². The van der Waals surface area contributed by atoms with Gasteiger partial charge in [-0.1, -0.05) is 12.1 Å². The Hall–Kier alpha value is -2.49. The third kappa shape index (κ3) is 4.75. The number of benzene rings is 1. The summed E-state index contributed by atoms with van der Waals surface area (Å²) < 4.78 is 1.55. The topological polar surface area (TPSA) is 65.2 Å². The SMILES string of the molecule is Cc1ccc(=O)n(CCN2CCN(Cc3ccc(C#N)cc3)CC2)n1. The van der Waals surface area contributed by atoms with E-state index >= 15 is 0 Å². The summed E-state index contributed by atoms with van der Waals surface area (Å²) in [5.41, 5.74) is 2.77. The van der Waals surface area contributed by atoms with E-state index < -0.39 is 0 Å². The van der Waals surface area contributed by atoms with Crippen LogP contribution in [0.1, 0.15) is 16.8 Å². The van der Waals surface area contributed by atoms with Crippen LogP contribution in [0.4, 0.5) is 0 Å². The quantitative estimate of drug-likeness (QED) is 0.821. The second kappa shape index (κ2) is 8.06. The molecule has 1 saturated heterocycles. The number of piperazine rings is 1. The van der Waals surface area contributed by atoms with Gasteiger partial charge in [-0.2, -0.15) is 10.4 Å². The fraction of sp³-hybridized carbons (Fsp3) is 0.421. The van der Waals surface area contributed by atoms with Gasteiger partial charge in [-0.3, -0.25) is 14.6 Å². The molecule has 0 spiro atoms. The lowest BCUT2D eigenvalue weighted by molar-refractivity contribution is 0.122. The minimum atomic E-state index is -0.0370. The lowest BCUT2D eigenvalue weighted by atomic mass is 10.1. The number of nitriles is 1. The molecule has 130 valence electrons. The Balaban J connectivity index is 1.46. The summed E-state index contributed by atoms with van der Waals surface area (Å²) in [4.78, 5) is 16.6. The Labute approximate surface area is 147 Å². The number of hydrogen-bond acceptors (Lipinski definition) is 5. The molecule has 1 aromatic carbocycles. The summed E-state index contributed by atoms with van der Waals surface area (Å²) in [5, 5.41) is 13.1. The zero-order chi connectivity index (χ0) is 17.6. The number of hydrogen-bond donors (Lipinski definition) is 0. The fourth-order valence-corrected chi connectivity index (χ4v) is 3.06. The molecule has 6 nitrogen and oxygen atoms in total. The molecule has 1 aliphatic rings. The molecule has 2 heterocycles. The Kier molecular flexibility index (Phi) is 5.59. The van der Waals surface area contributed by atoms with E-state index in [1.807, 2.05) is 31.2 Å². The van der Waals surface area contributed by atoms with Gasteiger partial charge in [0.25, 0.3) is 5.56 Å². The number of aryl methyl sites for hydroxylation is 1. The minimum Gasteiger partial charge on any atom is -0.299 e. The first-order valence-corrected chi connectivity index (χ1v) is 8.62. The monoisotopic (exact) mass is 337 g/mol. The van der Waals surface area contributed by atoms with Crippen LogP contribution in [-0.2, 0) is 13.1 Å². The molecule has 3 rings (SSSR count). The standard InChI is InChI=1S/C19H23N5O/c1-16-2-7-19(25)24(21-16)13-12-22-8-10-23(11-9-22)15-18-5-3-17(14-20)4-6-18/h2-7H,8-13,15H2,1H3. The van der Waals surface area contributed by atoms with Crippen molar-refractivity contribution in [2.24, 2.45) is 0 Å². The minimum absolute atomic E-state index is 0.0370. The maximum absolute atomic E-state index is 11.8. The third-order valence-corrected chi connectivity index (χ3v) is 4.58. The van der Waals surface area contributed by atoms with Crippen molar-refractivity contribution in [2.45, 2.75) is 20.0 Å². The zero-order valence-corrected chi connectivity index (χ0v) is 14.6. The lowest BCUT2D eigenvalue weighted by Gasteiger charge is -2.34. The van der Waals surface area contributed by atoms with Crippen molar-refractivity contribution in [3.05, 3.63) is 63.6 Å². The molecular weight excluding hydrogens is 314 g/mol. The summed E-state index contributed by atoms with van der Waals surface area (Å²) in [6.45, 7) is 8.31. The number of rotatable bonds is 5. The predicted molar refractivity (Wildman–Crippen MR) is 96.1 cm³/mol. The van der Waals surface area contributed by atoms with Crippen LogP contribution >= 0.6 is 0 Å². The van der Waals surface area contributed by atoms with Gasteiger partial charge in [0.2, 0.25) is 0 Å². The normalized spacial score (nSPS) is 15.8. The summed E-state index contributed by atoms with van der Waals surface area (Å²) in [6.07, 6.45) is 0. The van der Waals surface area contributed by atoms with E-state index in [0.717, 1.165) is 45.0 Å². The fourth-order valence-electron chi connectivity index (χ4n) is 3.06. The smallest absolute Gasteiger partial charge is 0.266 e. The van der Waals surface area contributed by atoms with E-state index in [4.69, 9.17) is 5.26 Å². The highest BCUT2D eigenvalue weighted by molar-refractivity contribution is 5.31. The molecule has 1 fully saturated rings. The van der Waals surface area contributed by atoms with Gasteiger partial charge in [0.05, 0.1) is 23.9 Å². The van der Waals surface area contributed by atoms with E-state index in [1.54, 1.807) is 16.8 Å². The maximum atomic E-state index is 11.8. The molecule has 0 atom stereocenters. The maximum Gasteiger partial charge on any atom is 0.266 e. The van der Waals surface area contributed by atoms with Crippen molar-refractivity contribution >= 4 is 0 Å². The molecule has 0 amide bonds. The van der Waals surface area contributed by atoms with E-state index in [1.165, 1.54) is 5.56 Å². The molecule has 0 bridgehead atoms. The summed E-state index contributed by atoms with van der Waals surface area (Å²) >= 11 is 0. The largest absolute Gasteiger partial charge is 0.299 e. The Morgan fingerprint density at radius 3 is 2.36 bits per heavy atom. The summed E-state index contributed by atoms with van der Waals surface area (Å²) in [6, 6.07) is 13.3. The van der Waals surface area contributed by atoms with Gasteiger partial charge in [0.15, 0.2) is 0 Å². The highest BCUT2D eigenvalue weighted by atomic mass is 16.1. The zero-order valence-electron chi connectivity index (χ0n) is 14.6. The Morgan fingerprint density at radius 1 is 1.00 bits per heavy atom. The molecule has 1 aromatic heterocycles. The average molecular weight is 337 g/mol. The predicted octanol–water partition coefficient (Wildman–Crippen LogP) is 1.24. The number of nitrogens with zero attached hydrogens (tertiary/aromatic N) is 5. The molecule has 25 heavy (non-hydrogen) atoms. The van der Waals surface area contributed by atoms with Crippen molar-refractivity contribution in [3.63, 3.8) is 0 Å². The van der Waals surface area contributed by atoms with E-state index in [9.17, 15) is 4.79 Å². The molecule has 0 N–H and O–H groups in total.